The second-order valence-corrected chi connectivity index (χ2v) is 5.36. The summed E-state index contributed by atoms with van der Waals surface area (Å²) in [7, 11) is 0. The summed E-state index contributed by atoms with van der Waals surface area (Å²) in [5.41, 5.74) is 3.16. The van der Waals surface area contributed by atoms with Crippen LogP contribution >= 0.6 is 11.6 Å². The van der Waals surface area contributed by atoms with E-state index >= 15 is 0 Å². The molecule has 0 heterocycles. The molecule has 0 bridgehead atoms. The smallest absolute Gasteiger partial charge is 0.0735 e. The van der Waals surface area contributed by atoms with E-state index in [0.717, 1.165) is 21.7 Å². The van der Waals surface area contributed by atoms with Crippen LogP contribution in [0.2, 0.25) is 5.02 Å². The average molecular weight is 270 g/mol. The van der Waals surface area contributed by atoms with Gasteiger partial charge in [0.1, 0.15) is 0 Å². The summed E-state index contributed by atoms with van der Waals surface area (Å²) in [6.45, 7) is 4.13. The van der Waals surface area contributed by atoms with Gasteiger partial charge in [0.25, 0.3) is 0 Å². The van der Waals surface area contributed by atoms with Gasteiger partial charge >= 0.3 is 0 Å². The van der Waals surface area contributed by atoms with Gasteiger partial charge in [-0.25, -0.2) is 0 Å². The van der Waals surface area contributed by atoms with E-state index in [-0.39, 0.29) is 5.92 Å². The summed E-state index contributed by atoms with van der Waals surface area (Å²) in [5.74, 6) is 0.261. The Morgan fingerprint density at radius 1 is 1.00 bits per heavy atom. The zero-order valence-corrected chi connectivity index (χ0v) is 11.9. The van der Waals surface area contributed by atoms with Gasteiger partial charge in [0, 0.05) is 10.6 Å². The Balaban J connectivity index is 2.34. The highest BCUT2D eigenvalue weighted by atomic mass is 35.5. The third-order valence-electron chi connectivity index (χ3n) is 3.26. The zero-order chi connectivity index (χ0) is 13.8. The molecular formula is C17H16ClN. The molecule has 0 saturated heterocycles. The lowest BCUT2D eigenvalue weighted by Crippen LogP contribution is -2.03. The first-order chi connectivity index (χ1) is 9.13. The van der Waals surface area contributed by atoms with E-state index in [0.29, 0.717) is 5.92 Å². The second kappa shape index (κ2) is 5.91. The molecule has 0 N–H and O–H groups in total. The van der Waals surface area contributed by atoms with Crippen molar-refractivity contribution >= 4 is 11.6 Å². The van der Waals surface area contributed by atoms with Crippen molar-refractivity contribution in [2.24, 2.45) is 5.92 Å². The van der Waals surface area contributed by atoms with Crippen molar-refractivity contribution in [1.29, 1.82) is 5.26 Å². The monoisotopic (exact) mass is 269 g/mol. The fraction of sp³-hybridized carbons (Fsp3) is 0.235. The number of benzene rings is 2. The molecule has 0 aliphatic heterocycles. The van der Waals surface area contributed by atoms with E-state index in [1.807, 2.05) is 48.5 Å². The molecule has 0 fully saturated rings. The second-order valence-electron chi connectivity index (χ2n) is 4.95. The molecule has 0 aromatic heterocycles. The minimum atomic E-state index is -0.0553. The van der Waals surface area contributed by atoms with Crippen molar-refractivity contribution in [2.45, 2.75) is 19.8 Å². The molecule has 2 aromatic carbocycles. The molecule has 0 amide bonds. The van der Waals surface area contributed by atoms with Crippen LogP contribution in [0.4, 0.5) is 0 Å². The van der Waals surface area contributed by atoms with Gasteiger partial charge in [0.05, 0.1) is 12.0 Å². The van der Waals surface area contributed by atoms with Crippen molar-refractivity contribution in [2.75, 3.05) is 0 Å². The first-order valence-electron chi connectivity index (χ1n) is 6.38. The largest absolute Gasteiger partial charge is 0.198 e. The lowest BCUT2D eigenvalue weighted by Gasteiger charge is -2.14. The quantitative estimate of drug-likeness (QED) is 0.745. The van der Waals surface area contributed by atoms with Crippen molar-refractivity contribution in [3.05, 3.63) is 59.1 Å². The number of halogens is 1. The predicted molar refractivity (Wildman–Crippen MR) is 80.1 cm³/mol. The molecule has 1 nitrogen and oxygen atoms in total. The van der Waals surface area contributed by atoms with Gasteiger partial charge in [0.2, 0.25) is 0 Å². The SMILES string of the molecule is CC(C)C(C#N)c1ccc(-c2ccccc2Cl)cc1. The first kappa shape index (κ1) is 13.6. The van der Waals surface area contributed by atoms with Crippen molar-refractivity contribution in [1.82, 2.24) is 0 Å². The molecule has 2 aromatic rings. The summed E-state index contributed by atoms with van der Waals surface area (Å²) >= 11 is 6.19. The predicted octanol–water partition coefficient (Wildman–Crippen LogP) is 5.27. The lowest BCUT2D eigenvalue weighted by molar-refractivity contribution is 0.587. The standard InChI is InChI=1S/C17H16ClN/c1-12(2)16(11-19)14-9-7-13(8-10-14)15-5-3-4-6-17(15)18/h3-10,12,16H,1-2H3. The fourth-order valence-corrected chi connectivity index (χ4v) is 2.42. The molecule has 2 heteroatoms. The van der Waals surface area contributed by atoms with Gasteiger partial charge in [-0.1, -0.05) is 67.9 Å². The average Bonchev–Trinajstić information content (AvgIpc) is 2.41. The van der Waals surface area contributed by atoms with Crippen LogP contribution in [0, 0.1) is 17.2 Å². The summed E-state index contributed by atoms with van der Waals surface area (Å²) in [6.07, 6.45) is 0. The molecule has 1 atom stereocenters. The maximum absolute atomic E-state index is 9.21. The van der Waals surface area contributed by atoms with Crippen molar-refractivity contribution < 1.29 is 0 Å². The van der Waals surface area contributed by atoms with E-state index in [1.165, 1.54) is 0 Å². The maximum atomic E-state index is 9.21. The number of rotatable bonds is 3. The molecular weight excluding hydrogens is 254 g/mol. The van der Waals surface area contributed by atoms with Crippen LogP contribution in [0.1, 0.15) is 25.3 Å². The van der Waals surface area contributed by atoms with Crippen LogP contribution in [0.25, 0.3) is 11.1 Å². The number of hydrogen-bond donors (Lipinski definition) is 0. The Kier molecular flexibility index (Phi) is 4.24. The lowest BCUT2D eigenvalue weighted by atomic mass is 9.89. The Bertz CT molecular complexity index is 593. The van der Waals surface area contributed by atoms with E-state index in [9.17, 15) is 5.26 Å². The van der Waals surface area contributed by atoms with Crippen molar-refractivity contribution in [3.63, 3.8) is 0 Å². The highest BCUT2D eigenvalue weighted by Crippen LogP contribution is 2.30. The van der Waals surface area contributed by atoms with E-state index in [1.54, 1.807) is 0 Å². The van der Waals surface area contributed by atoms with Gasteiger partial charge in [-0.2, -0.15) is 5.26 Å². The van der Waals surface area contributed by atoms with Gasteiger partial charge in [-0.15, -0.1) is 0 Å². The molecule has 96 valence electrons. The Morgan fingerprint density at radius 3 is 2.16 bits per heavy atom. The molecule has 19 heavy (non-hydrogen) atoms. The maximum Gasteiger partial charge on any atom is 0.0735 e. The summed E-state index contributed by atoms with van der Waals surface area (Å²) < 4.78 is 0. The van der Waals surface area contributed by atoms with Crippen LogP contribution in [-0.2, 0) is 0 Å². The number of hydrogen-bond acceptors (Lipinski definition) is 1. The normalized spacial score (nSPS) is 12.2. The van der Waals surface area contributed by atoms with Crippen LogP contribution in [0.5, 0.6) is 0 Å². The number of nitriles is 1. The third kappa shape index (κ3) is 2.97. The molecule has 0 aliphatic rings. The van der Waals surface area contributed by atoms with Crippen LogP contribution in [0.15, 0.2) is 48.5 Å². The molecule has 0 saturated carbocycles. The van der Waals surface area contributed by atoms with Crippen LogP contribution in [0.3, 0.4) is 0 Å². The van der Waals surface area contributed by atoms with Crippen LogP contribution in [-0.4, -0.2) is 0 Å². The Labute approximate surface area is 119 Å². The van der Waals surface area contributed by atoms with E-state index < -0.39 is 0 Å². The van der Waals surface area contributed by atoms with Crippen LogP contribution < -0.4 is 0 Å². The van der Waals surface area contributed by atoms with Crippen molar-refractivity contribution in [3.8, 4) is 17.2 Å². The molecule has 0 spiro atoms. The third-order valence-corrected chi connectivity index (χ3v) is 3.59. The topological polar surface area (TPSA) is 23.8 Å². The van der Waals surface area contributed by atoms with Gasteiger partial charge in [-0.05, 0) is 23.1 Å². The minimum Gasteiger partial charge on any atom is -0.198 e. The zero-order valence-electron chi connectivity index (χ0n) is 11.1. The molecule has 2 rings (SSSR count). The first-order valence-corrected chi connectivity index (χ1v) is 6.75. The highest BCUT2D eigenvalue weighted by molar-refractivity contribution is 6.33. The van der Waals surface area contributed by atoms with Gasteiger partial charge < -0.3 is 0 Å². The Hall–Kier alpha value is -1.78. The molecule has 1 unspecified atom stereocenters. The highest BCUT2D eigenvalue weighted by Gasteiger charge is 2.14. The summed E-state index contributed by atoms with van der Waals surface area (Å²) in [5, 5.41) is 9.96. The number of nitrogens with zero attached hydrogens (tertiary/aromatic N) is 1. The van der Waals surface area contributed by atoms with Gasteiger partial charge in [-0.3, -0.25) is 0 Å². The van der Waals surface area contributed by atoms with E-state index in [2.05, 4.69) is 19.9 Å². The summed E-state index contributed by atoms with van der Waals surface area (Å²) in [4.78, 5) is 0. The molecule has 0 aliphatic carbocycles. The minimum absolute atomic E-state index is 0.0553. The van der Waals surface area contributed by atoms with E-state index in [4.69, 9.17) is 11.6 Å². The van der Waals surface area contributed by atoms with Gasteiger partial charge in [0.15, 0.2) is 0 Å². The fourth-order valence-electron chi connectivity index (χ4n) is 2.17. The summed E-state index contributed by atoms with van der Waals surface area (Å²) in [6, 6.07) is 18.2. The molecule has 0 radical (unpaired) electrons. The Morgan fingerprint density at radius 2 is 1.63 bits per heavy atom.